The molecule has 35 heavy (non-hydrogen) atoms. The SMILES string of the molecule is COc1cc(OC)c(CNC(=O)[C@@H](F)C[C@H](NC(=O)OC(C)(C)C)C(=O)OC(C)(C)C)c(OC)c1. The normalized spacial score (nSPS) is 13.2. The summed E-state index contributed by atoms with van der Waals surface area (Å²) >= 11 is 0. The maximum absolute atomic E-state index is 14.9. The van der Waals surface area contributed by atoms with Gasteiger partial charge in [0, 0.05) is 18.6 Å². The van der Waals surface area contributed by atoms with Crippen molar-refractivity contribution in [2.24, 2.45) is 0 Å². The zero-order valence-corrected chi connectivity index (χ0v) is 21.9. The first-order chi connectivity index (χ1) is 16.1. The van der Waals surface area contributed by atoms with Gasteiger partial charge in [-0.05, 0) is 41.5 Å². The average molecular weight is 501 g/mol. The van der Waals surface area contributed by atoms with Gasteiger partial charge < -0.3 is 34.3 Å². The number of carbonyl (C=O) groups excluding carboxylic acids is 3. The van der Waals surface area contributed by atoms with Crippen LogP contribution in [0.4, 0.5) is 9.18 Å². The summed E-state index contributed by atoms with van der Waals surface area (Å²) < 4.78 is 41.2. The van der Waals surface area contributed by atoms with Crippen molar-refractivity contribution in [3.63, 3.8) is 0 Å². The number of nitrogens with one attached hydrogen (secondary N) is 2. The molecule has 0 spiro atoms. The number of hydrogen-bond acceptors (Lipinski definition) is 8. The topological polar surface area (TPSA) is 121 Å². The summed E-state index contributed by atoms with van der Waals surface area (Å²) in [6.07, 6.45) is -3.73. The Balaban J connectivity index is 2.97. The van der Waals surface area contributed by atoms with Gasteiger partial charge in [0.2, 0.25) is 0 Å². The molecule has 0 fully saturated rings. The molecule has 0 bridgehead atoms. The smallest absolute Gasteiger partial charge is 0.408 e. The van der Waals surface area contributed by atoms with Crippen LogP contribution in [-0.2, 0) is 25.6 Å². The molecular formula is C24H37FN2O8. The van der Waals surface area contributed by atoms with Gasteiger partial charge in [-0.3, -0.25) is 4.79 Å². The van der Waals surface area contributed by atoms with Gasteiger partial charge in [-0.25, -0.2) is 14.0 Å². The minimum Gasteiger partial charge on any atom is -0.496 e. The standard InChI is InChI=1S/C24H37FN2O8/c1-23(2,3)34-21(29)17(27-22(30)35-24(4,5)6)12-16(25)20(28)26-13-15-18(32-8)10-14(31-7)11-19(15)33-9/h10-11,16-17H,12-13H2,1-9H3,(H,26,28)(H,27,30)/t16-,17-/m0/s1. The van der Waals surface area contributed by atoms with E-state index in [9.17, 15) is 18.8 Å². The fourth-order valence-electron chi connectivity index (χ4n) is 2.89. The zero-order chi connectivity index (χ0) is 27.0. The van der Waals surface area contributed by atoms with E-state index >= 15 is 0 Å². The third-order valence-electron chi connectivity index (χ3n) is 4.37. The molecule has 0 unspecified atom stereocenters. The predicted octanol–water partition coefficient (Wildman–Crippen LogP) is 3.29. The summed E-state index contributed by atoms with van der Waals surface area (Å²) in [5.74, 6) is -0.669. The molecule has 0 aliphatic carbocycles. The lowest BCUT2D eigenvalue weighted by Crippen LogP contribution is -2.48. The Morgan fingerprint density at radius 3 is 1.83 bits per heavy atom. The van der Waals surface area contributed by atoms with Crippen molar-refractivity contribution in [3.05, 3.63) is 17.7 Å². The highest BCUT2D eigenvalue weighted by atomic mass is 19.1. The number of hydrogen-bond donors (Lipinski definition) is 2. The minimum atomic E-state index is -2.14. The molecule has 1 aromatic carbocycles. The molecule has 10 nitrogen and oxygen atoms in total. The van der Waals surface area contributed by atoms with Gasteiger partial charge >= 0.3 is 12.1 Å². The van der Waals surface area contributed by atoms with Crippen LogP contribution in [0.2, 0.25) is 0 Å². The Bertz CT molecular complexity index is 867. The average Bonchev–Trinajstić information content (AvgIpc) is 2.73. The predicted molar refractivity (Wildman–Crippen MR) is 126 cm³/mol. The van der Waals surface area contributed by atoms with E-state index in [-0.39, 0.29) is 6.54 Å². The maximum Gasteiger partial charge on any atom is 0.408 e. The van der Waals surface area contributed by atoms with Crippen molar-refractivity contribution < 1.29 is 42.5 Å². The number of alkyl halides is 1. The molecule has 0 saturated heterocycles. The van der Waals surface area contributed by atoms with Crippen LogP contribution in [0.25, 0.3) is 0 Å². The Morgan fingerprint density at radius 1 is 0.886 bits per heavy atom. The molecule has 11 heteroatoms. The summed E-state index contributed by atoms with van der Waals surface area (Å²) in [6, 6.07) is 1.75. The van der Waals surface area contributed by atoms with Crippen LogP contribution >= 0.6 is 0 Å². The van der Waals surface area contributed by atoms with Crippen LogP contribution in [0, 0.1) is 0 Å². The van der Waals surface area contributed by atoms with Crippen LogP contribution in [0.3, 0.4) is 0 Å². The Kier molecular flexibility index (Phi) is 10.6. The zero-order valence-electron chi connectivity index (χ0n) is 21.9. The molecule has 2 N–H and O–H groups in total. The van der Waals surface area contributed by atoms with Gasteiger partial charge in [0.05, 0.1) is 33.4 Å². The van der Waals surface area contributed by atoms with Crippen LogP contribution < -0.4 is 24.8 Å². The van der Waals surface area contributed by atoms with Crippen molar-refractivity contribution >= 4 is 18.0 Å². The Morgan fingerprint density at radius 2 is 1.40 bits per heavy atom. The van der Waals surface area contributed by atoms with Crippen LogP contribution in [0.15, 0.2) is 12.1 Å². The minimum absolute atomic E-state index is 0.119. The first-order valence-electron chi connectivity index (χ1n) is 11.0. The summed E-state index contributed by atoms with van der Waals surface area (Å²) in [5, 5.41) is 4.75. The van der Waals surface area contributed by atoms with Gasteiger partial charge in [0.1, 0.15) is 34.5 Å². The van der Waals surface area contributed by atoms with E-state index < -0.39 is 47.8 Å². The van der Waals surface area contributed by atoms with E-state index in [0.29, 0.717) is 22.8 Å². The van der Waals surface area contributed by atoms with Crippen molar-refractivity contribution in [3.8, 4) is 17.2 Å². The Labute approximate surface area is 205 Å². The van der Waals surface area contributed by atoms with Gasteiger partial charge in [0.15, 0.2) is 6.17 Å². The van der Waals surface area contributed by atoms with Gasteiger partial charge in [-0.15, -0.1) is 0 Å². The fraction of sp³-hybridized carbons (Fsp3) is 0.625. The molecule has 0 aliphatic rings. The molecule has 0 saturated carbocycles. The highest BCUT2D eigenvalue weighted by Gasteiger charge is 2.33. The second kappa shape index (κ2) is 12.5. The van der Waals surface area contributed by atoms with Gasteiger partial charge in [-0.2, -0.15) is 0 Å². The number of carbonyl (C=O) groups is 3. The second-order valence-corrected chi connectivity index (χ2v) is 9.66. The van der Waals surface area contributed by atoms with Crippen molar-refractivity contribution in [1.82, 2.24) is 10.6 Å². The molecule has 2 atom stereocenters. The number of halogens is 1. The van der Waals surface area contributed by atoms with Crippen LogP contribution in [0.5, 0.6) is 17.2 Å². The first-order valence-corrected chi connectivity index (χ1v) is 11.0. The summed E-state index contributed by atoms with van der Waals surface area (Å²) in [6.45, 7) is 9.69. The maximum atomic E-state index is 14.9. The number of alkyl carbamates (subject to hydrolysis) is 1. The quantitative estimate of drug-likeness (QED) is 0.470. The summed E-state index contributed by atoms with van der Waals surface area (Å²) in [7, 11) is 4.35. The number of rotatable bonds is 10. The third kappa shape index (κ3) is 10.3. The van der Waals surface area contributed by atoms with E-state index in [1.165, 1.54) is 21.3 Å². The largest absolute Gasteiger partial charge is 0.496 e. The van der Waals surface area contributed by atoms with E-state index in [1.54, 1.807) is 53.7 Å². The van der Waals surface area contributed by atoms with Gasteiger partial charge in [-0.1, -0.05) is 0 Å². The number of amides is 2. The summed E-state index contributed by atoms with van der Waals surface area (Å²) in [4.78, 5) is 37.3. The van der Waals surface area contributed by atoms with Crippen LogP contribution in [0.1, 0.15) is 53.5 Å². The van der Waals surface area contributed by atoms with E-state index in [4.69, 9.17) is 23.7 Å². The highest BCUT2D eigenvalue weighted by Crippen LogP contribution is 2.34. The molecule has 0 radical (unpaired) electrons. The number of benzene rings is 1. The lowest BCUT2D eigenvalue weighted by molar-refractivity contribution is -0.158. The highest BCUT2D eigenvalue weighted by molar-refractivity contribution is 5.85. The molecule has 1 aromatic rings. The Hall–Kier alpha value is -3.24. The molecule has 0 aliphatic heterocycles. The number of ether oxygens (including phenoxy) is 5. The van der Waals surface area contributed by atoms with Gasteiger partial charge in [0.25, 0.3) is 5.91 Å². The number of esters is 1. The molecule has 0 heterocycles. The lowest BCUT2D eigenvalue weighted by Gasteiger charge is -2.26. The third-order valence-corrected chi connectivity index (χ3v) is 4.37. The lowest BCUT2D eigenvalue weighted by atomic mass is 10.1. The molecule has 0 aromatic heterocycles. The van der Waals surface area contributed by atoms with Crippen molar-refractivity contribution in [2.75, 3.05) is 21.3 Å². The summed E-state index contributed by atoms with van der Waals surface area (Å²) in [5.41, 5.74) is -1.27. The number of methoxy groups -OCH3 is 3. The van der Waals surface area contributed by atoms with Crippen LogP contribution in [-0.4, -0.2) is 62.7 Å². The van der Waals surface area contributed by atoms with Crippen molar-refractivity contribution in [1.29, 1.82) is 0 Å². The molecule has 2 amide bonds. The van der Waals surface area contributed by atoms with E-state index in [2.05, 4.69) is 10.6 Å². The fourth-order valence-corrected chi connectivity index (χ4v) is 2.89. The van der Waals surface area contributed by atoms with E-state index in [0.717, 1.165) is 0 Å². The second-order valence-electron chi connectivity index (χ2n) is 9.66. The first kappa shape index (κ1) is 29.8. The van der Waals surface area contributed by atoms with E-state index in [1.807, 2.05) is 0 Å². The van der Waals surface area contributed by atoms with Crippen molar-refractivity contribution in [2.45, 2.75) is 77.9 Å². The molecule has 1 rings (SSSR count). The monoisotopic (exact) mass is 500 g/mol. The molecule has 198 valence electrons. The molecular weight excluding hydrogens is 463 g/mol.